The van der Waals surface area contributed by atoms with E-state index in [1.165, 1.54) is 31.4 Å². The fraction of sp³-hybridized carbons (Fsp3) is 0.400. The van der Waals surface area contributed by atoms with Gasteiger partial charge in [-0.1, -0.05) is 43.8 Å². The van der Waals surface area contributed by atoms with Crippen molar-refractivity contribution < 1.29 is 4.79 Å². The summed E-state index contributed by atoms with van der Waals surface area (Å²) in [5.41, 5.74) is 0. The molecule has 0 aromatic carbocycles. The summed E-state index contributed by atoms with van der Waals surface area (Å²) >= 11 is 0. The highest BCUT2D eigenvalue weighted by molar-refractivity contribution is 5.65. The second kappa shape index (κ2) is 13.3. The number of rotatable bonds is 6. The number of hydrogen-bond donors (Lipinski definition) is 0. The van der Waals surface area contributed by atoms with Gasteiger partial charge in [0.2, 0.25) is 0 Å². The predicted molar refractivity (Wildman–Crippen MR) is 68.7 cm³/mol. The molecular weight excluding hydrogens is 196 g/mol. The third-order valence-electron chi connectivity index (χ3n) is 1.84. The van der Waals surface area contributed by atoms with Gasteiger partial charge in [0.25, 0.3) is 0 Å². The van der Waals surface area contributed by atoms with E-state index in [-0.39, 0.29) is 0 Å². The highest BCUT2D eigenvalue weighted by atomic mass is 16.1. The van der Waals surface area contributed by atoms with Gasteiger partial charge in [-0.3, -0.25) is 4.79 Å². The summed E-state index contributed by atoms with van der Waals surface area (Å²) < 4.78 is 0. The number of allylic oxidation sites excluding steroid dienone is 4. The highest BCUT2D eigenvalue weighted by Gasteiger charge is 1.80. The monoisotopic (exact) mass is 214 g/mol. The van der Waals surface area contributed by atoms with E-state index < -0.39 is 0 Å². The molecule has 0 rings (SSSR count). The maximum atomic E-state index is 9.89. The Bertz CT molecular complexity index is 339. The molecule has 0 aromatic rings. The van der Waals surface area contributed by atoms with Crippen LogP contribution in [-0.2, 0) is 4.79 Å². The molecule has 0 aliphatic heterocycles. The van der Waals surface area contributed by atoms with Crippen LogP contribution in [0, 0.1) is 23.7 Å². The van der Waals surface area contributed by atoms with E-state index in [0.717, 1.165) is 12.8 Å². The van der Waals surface area contributed by atoms with E-state index in [2.05, 4.69) is 42.8 Å². The topological polar surface area (TPSA) is 17.1 Å². The van der Waals surface area contributed by atoms with Crippen molar-refractivity contribution in [1.29, 1.82) is 0 Å². The molecule has 0 aromatic heterocycles. The molecule has 0 N–H and O–H groups in total. The molecule has 0 saturated heterocycles. The quantitative estimate of drug-likeness (QED) is 0.218. The lowest BCUT2D eigenvalue weighted by Crippen LogP contribution is -1.70. The number of aldehydes is 1. The van der Waals surface area contributed by atoms with Crippen molar-refractivity contribution in [3.05, 3.63) is 24.3 Å². The molecule has 84 valence electrons. The predicted octanol–water partition coefficient (Wildman–Crippen LogP) is 3.27. The molecule has 0 amide bonds. The normalized spacial score (nSPS) is 9.56. The molecule has 0 unspecified atom stereocenters. The van der Waals surface area contributed by atoms with E-state index in [4.69, 9.17) is 0 Å². The van der Waals surface area contributed by atoms with Crippen LogP contribution in [0.25, 0.3) is 0 Å². The van der Waals surface area contributed by atoms with Gasteiger partial charge in [0, 0.05) is 6.42 Å². The lowest BCUT2D eigenvalue weighted by atomic mass is 10.2. The first-order valence-electron chi connectivity index (χ1n) is 5.65. The molecule has 0 aliphatic carbocycles. The Hall–Kier alpha value is -1.73. The minimum atomic E-state index is 0.696. The van der Waals surface area contributed by atoms with E-state index >= 15 is 0 Å². The third kappa shape index (κ3) is 12.3. The van der Waals surface area contributed by atoms with Gasteiger partial charge in [-0.05, 0) is 36.8 Å². The molecule has 0 atom stereocenters. The van der Waals surface area contributed by atoms with Gasteiger partial charge in [-0.25, -0.2) is 0 Å². The summed E-state index contributed by atoms with van der Waals surface area (Å²) in [4.78, 5) is 9.89. The van der Waals surface area contributed by atoms with Crippen molar-refractivity contribution in [2.45, 2.75) is 39.0 Å². The zero-order valence-corrected chi connectivity index (χ0v) is 9.83. The summed E-state index contributed by atoms with van der Waals surface area (Å²) in [5.74, 6) is 10.9. The molecule has 0 saturated carbocycles. The molecular formula is C15H18O. The molecule has 16 heavy (non-hydrogen) atoms. The Kier molecular flexibility index (Phi) is 11.8. The summed E-state index contributed by atoms with van der Waals surface area (Å²) in [6.07, 6.45) is 13.5. The van der Waals surface area contributed by atoms with Gasteiger partial charge in [0.1, 0.15) is 6.29 Å². The lowest BCUT2D eigenvalue weighted by molar-refractivity contribution is -0.104. The van der Waals surface area contributed by atoms with Crippen molar-refractivity contribution in [1.82, 2.24) is 0 Å². The van der Waals surface area contributed by atoms with Crippen LogP contribution in [0.15, 0.2) is 24.3 Å². The van der Waals surface area contributed by atoms with Crippen LogP contribution >= 0.6 is 0 Å². The molecule has 0 radical (unpaired) electrons. The van der Waals surface area contributed by atoms with Crippen LogP contribution in [-0.4, -0.2) is 6.29 Å². The first kappa shape index (κ1) is 14.3. The molecule has 0 bridgehead atoms. The Labute approximate surface area is 98.6 Å². The first-order valence-corrected chi connectivity index (χ1v) is 5.65. The Morgan fingerprint density at radius 1 is 1.12 bits per heavy atom. The molecule has 1 nitrogen and oxygen atoms in total. The van der Waals surface area contributed by atoms with Gasteiger partial charge in [-0.2, -0.15) is 0 Å². The fourth-order valence-electron chi connectivity index (χ4n) is 1.03. The lowest BCUT2D eigenvalue weighted by Gasteiger charge is -1.89. The number of carbonyl (C=O) groups excluding carboxylic acids is 1. The SMILES string of the molecule is CCCCC/C=C/CC#CC#C/C=C/C=O. The van der Waals surface area contributed by atoms with Crippen LogP contribution < -0.4 is 0 Å². The summed E-state index contributed by atoms with van der Waals surface area (Å²) in [5, 5.41) is 0. The number of hydrogen-bond acceptors (Lipinski definition) is 1. The zero-order chi connectivity index (χ0) is 11.9. The molecule has 0 aliphatic rings. The van der Waals surface area contributed by atoms with Gasteiger partial charge >= 0.3 is 0 Å². The maximum absolute atomic E-state index is 9.89. The fourth-order valence-corrected chi connectivity index (χ4v) is 1.03. The average Bonchev–Trinajstić information content (AvgIpc) is 2.31. The average molecular weight is 214 g/mol. The summed E-state index contributed by atoms with van der Waals surface area (Å²) in [6.45, 7) is 2.20. The number of carbonyl (C=O) groups is 1. The van der Waals surface area contributed by atoms with Gasteiger partial charge < -0.3 is 0 Å². The second-order valence-corrected chi connectivity index (χ2v) is 3.24. The Morgan fingerprint density at radius 3 is 2.75 bits per heavy atom. The van der Waals surface area contributed by atoms with Crippen molar-refractivity contribution in [3.63, 3.8) is 0 Å². The first-order chi connectivity index (χ1) is 7.91. The standard InChI is InChI=1S/C15H18O/c1-2-3-4-5-6-7-8-9-10-11-12-13-14-15-16/h6-7,13-15H,2-5,8H2,1H3/b7-6+,14-13+. The Morgan fingerprint density at radius 2 is 2.00 bits per heavy atom. The summed E-state index contributed by atoms with van der Waals surface area (Å²) in [7, 11) is 0. The van der Waals surface area contributed by atoms with E-state index in [1.54, 1.807) is 0 Å². The van der Waals surface area contributed by atoms with Crippen molar-refractivity contribution >= 4 is 6.29 Å². The zero-order valence-electron chi connectivity index (χ0n) is 9.83. The van der Waals surface area contributed by atoms with Crippen LogP contribution in [0.1, 0.15) is 39.0 Å². The molecule has 1 heteroatoms. The molecule has 0 fully saturated rings. The highest BCUT2D eigenvalue weighted by Crippen LogP contribution is 1.99. The summed E-state index contributed by atoms with van der Waals surface area (Å²) in [6, 6.07) is 0. The largest absolute Gasteiger partial charge is 0.299 e. The molecule has 0 spiro atoms. The second-order valence-electron chi connectivity index (χ2n) is 3.24. The maximum Gasteiger partial charge on any atom is 0.143 e. The molecule has 0 heterocycles. The number of unbranched alkanes of at least 4 members (excludes halogenated alkanes) is 3. The van der Waals surface area contributed by atoms with Gasteiger partial charge in [-0.15, -0.1) is 0 Å². The van der Waals surface area contributed by atoms with E-state index in [0.29, 0.717) is 6.29 Å². The Balaban J connectivity index is 3.56. The third-order valence-corrected chi connectivity index (χ3v) is 1.84. The van der Waals surface area contributed by atoms with Gasteiger partial charge in [0.05, 0.1) is 0 Å². The van der Waals surface area contributed by atoms with Crippen LogP contribution in [0.4, 0.5) is 0 Å². The van der Waals surface area contributed by atoms with Crippen molar-refractivity contribution in [3.8, 4) is 23.7 Å². The van der Waals surface area contributed by atoms with E-state index in [9.17, 15) is 4.79 Å². The minimum Gasteiger partial charge on any atom is -0.299 e. The smallest absolute Gasteiger partial charge is 0.143 e. The van der Waals surface area contributed by atoms with Gasteiger partial charge in [0.15, 0.2) is 0 Å². The van der Waals surface area contributed by atoms with Crippen LogP contribution in [0.5, 0.6) is 0 Å². The van der Waals surface area contributed by atoms with Crippen LogP contribution in [0.3, 0.4) is 0 Å². The minimum absolute atomic E-state index is 0.696. The van der Waals surface area contributed by atoms with Crippen molar-refractivity contribution in [2.24, 2.45) is 0 Å². The van der Waals surface area contributed by atoms with Crippen LogP contribution in [0.2, 0.25) is 0 Å². The van der Waals surface area contributed by atoms with Crippen molar-refractivity contribution in [2.75, 3.05) is 0 Å². The van der Waals surface area contributed by atoms with E-state index in [1.807, 2.05) is 0 Å².